The van der Waals surface area contributed by atoms with E-state index in [1.54, 1.807) is 6.26 Å². The van der Waals surface area contributed by atoms with Gasteiger partial charge in [-0.15, -0.1) is 0 Å². The smallest absolute Gasteiger partial charge is 0.121 e. The van der Waals surface area contributed by atoms with Gasteiger partial charge in [-0.3, -0.25) is 0 Å². The van der Waals surface area contributed by atoms with Gasteiger partial charge in [0.1, 0.15) is 5.76 Å². The first kappa shape index (κ1) is 11.2. The molecule has 1 aliphatic rings. The van der Waals surface area contributed by atoms with Crippen LogP contribution in [0.1, 0.15) is 38.4 Å². The summed E-state index contributed by atoms with van der Waals surface area (Å²) in [5.41, 5.74) is 0. The summed E-state index contributed by atoms with van der Waals surface area (Å²) < 4.78 is 6.66. The van der Waals surface area contributed by atoms with E-state index in [1.807, 2.05) is 6.07 Å². The highest BCUT2D eigenvalue weighted by atomic mass is 79.9. The number of furan rings is 1. The lowest BCUT2D eigenvalue weighted by Gasteiger charge is -2.36. The van der Waals surface area contributed by atoms with Crippen LogP contribution in [0, 0.1) is 5.92 Å². The number of nitrogens with one attached hydrogen (secondary N) is 1. The van der Waals surface area contributed by atoms with Gasteiger partial charge in [-0.2, -0.15) is 0 Å². The summed E-state index contributed by atoms with van der Waals surface area (Å²) in [6, 6.07) is 2.56. The molecule has 1 aromatic rings. The first-order valence-corrected chi connectivity index (χ1v) is 6.44. The number of rotatable bonds is 4. The Morgan fingerprint density at radius 3 is 2.80 bits per heavy atom. The zero-order valence-electron chi connectivity index (χ0n) is 9.29. The first-order chi connectivity index (χ1) is 7.18. The predicted molar refractivity (Wildman–Crippen MR) is 65.0 cm³/mol. The van der Waals surface area contributed by atoms with Gasteiger partial charge in [-0.25, -0.2) is 0 Å². The minimum Gasteiger partial charge on any atom is -0.468 e. The van der Waals surface area contributed by atoms with Gasteiger partial charge in [0.05, 0.1) is 10.7 Å². The van der Waals surface area contributed by atoms with Gasteiger partial charge in [0.25, 0.3) is 0 Å². The number of hydrogen-bond acceptors (Lipinski definition) is 2. The van der Waals surface area contributed by atoms with Crippen LogP contribution in [0.15, 0.2) is 21.2 Å². The molecule has 2 unspecified atom stereocenters. The molecule has 1 aromatic heterocycles. The van der Waals surface area contributed by atoms with Crippen molar-refractivity contribution in [3.05, 3.63) is 22.6 Å². The Morgan fingerprint density at radius 2 is 2.33 bits per heavy atom. The van der Waals surface area contributed by atoms with Crippen molar-refractivity contribution in [3.8, 4) is 0 Å². The highest BCUT2D eigenvalue weighted by Crippen LogP contribution is 2.44. The zero-order chi connectivity index (χ0) is 10.8. The molecule has 2 rings (SSSR count). The van der Waals surface area contributed by atoms with E-state index in [0.717, 1.165) is 22.7 Å². The van der Waals surface area contributed by atoms with Crippen molar-refractivity contribution < 1.29 is 4.42 Å². The highest BCUT2D eigenvalue weighted by molar-refractivity contribution is 9.10. The van der Waals surface area contributed by atoms with Gasteiger partial charge in [0, 0.05) is 12.0 Å². The predicted octanol–water partition coefficient (Wildman–Crippen LogP) is 3.53. The number of hydrogen-bond donors (Lipinski definition) is 1. The second-order valence-corrected chi connectivity index (χ2v) is 5.49. The number of halogens is 1. The normalized spacial score (nSPS) is 25.6. The molecular weight excluding hydrogens is 254 g/mol. The summed E-state index contributed by atoms with van der Waals surface area (Å²) in [4.78, 5) is 0. The second kappa shape index (κ2) is 4.71. The van der Waals surface area contributed by atoms with Gasteiger partial charge in [0.15, 0.2) is 0 Å². The zero-order valence-corrected chi connectivity index (χ0v) is 10.9. The molecule has 1 aliphatic carbocycles. The van der Waals surface area contributed by atoms with Crippen molar-refractivity contribution in [2.45, 2.75) is 38.6 Å². The average Bonchev–Trinajstić information content (AvgIpc) is 2.50. The Morgan fingerprint density at radius 1 is 1.53 bits per heavy atom. The molecule has 1 fully saturated rings. The van der Waals surface area contributed by atoms with Gasteiger partial charge < -0.3 is 9.73 Å². The molecule has 0 bridgehead atoms. The summed E-state index contributed by atoms with van der Waals surface area (Å²) in [5, 5.41) is 3.50. The molecule has 3 heteroatoms. The first-order valence-electron chi connectivity index (χ1n) is 5.64. The fraction of sp³-hybridized carbons (Fsp3) is 0.667. The maximum Gasteiger partial charge on any atom is 0.121 e. The molecule has 0 saturated heterocycles. The summed E-state index contributed by atoms with van der Waals surface area (Å²) in [5.74, 6) is 2.49. The molecule has 84 valence electrons. The van der Waals surface area contributed by atoms with Crippen LogP contribution >= 0.6 is 15.9 Å². The van der Waals surface area contributed by atoms with Crippen LogP contribution in [0.2, 0.25) is 0 Å². The van der Waals surface area contributed by atoms with Crippen molar-refractivity contribution in [1.29, 1.82) is 0 Å². The molecule has 15 heavy (non-hydrogen) atoms. The maximum atomic E-state index is 5.53. The monoisotopic (exact) mass is 271 g/mol. The van der Waals surface area contributed by atoms with Crippen molar-refractivity contribution in [2.75, 3.05) is 6.54 Å². The molecular formula is C12H18BrNO. The van der Waals surface area contributed by atoms with Crippen LogP contribution in [0.5, 0.6) is 0 Å². The lowest BCUT2D eigenvalue weighted by molar-refractivity contribution is 0.211. The Hall–Kier alpha value is -0.280. The topological polar surface area (TPSA) is 25.2 Å². The summed E-state index contributed by atoms with van der Waals surface area (Å²) in [6.07, 6.45) is 4.35. The van der Waals surface area contributed by atoms with Crippen molar-refractivity contribution in [2.24, 2.45) is 5.92 Å². The molecule has 1 saturated carbocycles. The maximum absolute atomic E-state index is 5.53. The van der Waals surface area contributed by atoms with Crippen molar-refractivity contribution in [3.63, 3.8) is 0 Å². The van der Waals surface area contributed by atoms with E-state index in [-0.39, 0.29) is 0 Å². The molecule has 2 nitrogen and oxygen atoms in total. The molecule has 0 amide bonds. The molecule has 1 N–H and O–H groups in total. The van der Waals surface area contributed by atoms with Gasteiger partial charge >= 0.3 is 0 Å². The van der Waals surface area contributed by atoms with E-state index in [0.29, 0.717) is 12.0 Å². The Bertz CT molecular complexity index is 321. The molecule has 0 spiro atoms. The van der Waals surface area contributed by atoms with Crippen LogP contribution in [-0.2, 0) is 0 Å². The molecule has 0 aromatic carbocycles. The van der Waals surface area contributed by atoms with Gasteiger partial charge in [-0.1, -0.05) is 13.8 Å². The lowest BCUT2D eigenvalue weighted by atomic mass is 9.72. The van der Waals surface area contributed by atoms with Crippen molar-refractivity contribution >= 4 is 15.9 Å². The quantitative estimate of drug-likeness (QED) is 0.907. The van der Waals surface area contributed by atoms with Gasteiger partial charge in [0.2, 0.25) is 0 Å². The second-order valence-electron chi connectivity index (χ2n) is 4.64. The van der Waals surface area contributed by atoms with Crippen LogP contribution in [-0.4, -0.2) is 12.6 Å². The van der Waals surface area contributed by atoms with Crippen LogP contribution in [0.4, 0.5) is 0 Å². The average molecular weight is 272 g/mol. The van der Waals surface area contributed by atoms with Crippen molar-refractivity contribution in [1.82, 2.24) is 5.32 Å². The molecule has 0 radical (unpaired) electrons. The van der Waals surface area contributed by atoms with Gasteiger partial charge in [-0.05, 0) is 47.3 Å². The minimum absolute atomic E-state index is 0.575. The van der Waals surface area contributed by atoms with E-state index in [2.05, 4.69) is 35.1 Å². The summed E-state index contributed by atoms with van der Waals surface area (Å²) in [7, 11) is 0. The fourth-order valence-corrected chi connectivity index (χ4v) is 2.61. The third-order valence-corrected chi connectivity index (χ3v) is 3.84. The van der Waals surface area contributed by atoms with E-state index in [1.165, 1.54) is 12.8 Å². The standard InChI is InChI=1S/C12H18BrNO/c1-8(2)14-7-9-3-4-10(9)12-11(13)5-6-15-12/h5-6,8-10,14H,3-4,7H2,1-2H3. The van der Waals surface area contributed by atoms with E-state index >= 15 is 0 Å². The Kier molecular flexibility index (Phi) is 3.52. The van der Waals surface area contributed by atoms with Crippen LogP contribution in [0.3, 0.4) is 0 Å². The summed E-state index contributed by atoms with van der Waals surface area (Å²) >= 11 is 3.53. The van der Waals surface area contributed by atoms with Crippen LogP contribution < -0.4 is 5.32 Å². The van der Waals surface area contributed by atoms with E-state index < -0.39 is 0 Å². The summed E-state index contributed by atoms with van der Waals surface area (Å²) in [6.45, 7) is 5.49. The third-order valence-electron chi connectivity index (χ3n) is 3.19. The SMILES string of the molecule is CC(C)NCC1CCC1c1occc1Br. The molecule has 1 heterocycles. The molecule has 0 aliphatic heterocycles. The Labute approximate surface area is 99.6 Å². The highest BCUT2D eigenvalue weighted by Gasteiger charge is 2.35. The van der Waals surface area contributed by atoms with E-state index in [4.69, 9.17) is 4.42 Å². The Balaban J connectivity index is 1.92. The molecule has 2 atom stereocenters. The minimum atomic E-state index is 0.575. The largest absolute Gasteiger partial charge is 0.468 e. The fourth-order valence-electron chi connectivity index (χ4n) is 2.12. The lowest BCUT2D eigenvalue weighted by Crippen LogP contribution is -2.36. The van der Waals surface area contributed by atoms with E-state index in [9.17, 15) is 0 Å². The third kappa shape index (κ3) is 2.45. The van der Waals surface area contributed by atoms with Crippen LogP contribution in [0.25, 0.3) is 0 Å².